The minimum Gasteiger partial charge on any atom is -0.145 e. The van der Waals surface area contributed by atoms with E-state index >= 15 is 0 Å². The molecule has 1 N–H and O–H groups in total. The van der Waals surface area contributed by atoms with Crippen molar-refractivity contribution in [2.45, 2.75) is 0 Å². The zero-order chi connectivity index (χ0) is 4.28. The number of hydrogen-bond donors (Lipinski definition) is 1. The van der Waals surface area contributed by atoms with Crippen molar-refractivity contribution in [2.75, 3.05) is 0 Å². The Kier molecular flexibility index (Phi) is 1.06. The Hall–Kier alpha value is 0.350. The van der Waals surface area contributed by atoms with E-state index in [4.69, 9.17) is 1.43 Å². The minimum absolute atomic E-state index is 2.21. The van der Waals surface area contributed by atoms with Crippen LogP contribution in [0, 0.1) is 0 Å². The van der Waals surface area contributed by atoms with Gasteiger partial charge in [0, 0.05) is 0 Å². The summed E-state index contributed by atoms with van der Waals surface area (Å²) >= 11 is 4.56. The van der Waals surface area contributed by atoms with Gasteiger partial charge in [0.05, 0.1) is 0 Å². The Bertz CT molecular complexity index is 44.9. The summed E-state index contributed by atoms with van der Waals surface area (Å²) in [6.07, 6.45) is 0. The summed E-state index contributed by atoms with van der Waals surface area (Å²) in [5, 5.41) is 0. The molecule has 0 spiro atoms. The van der Waals surface area contributed by atoms with Gasteiger partial charge in [0.1, 0.15) is 0 Å². The molecule has 0 aromatic heterocycles. The molecule has 0 fully saturated rings. The molecule has 0 amide bonds. The standard InChI is InChI=1S/ClO2P/c1-4(2)3/p+1/i/hD. The van der Waals surface area contributed by atoms with Crippen LogP contribution in [0.5, 0.6) is 0 Å². The van der Waals surface area contributed by atoms with Gasteiger partial charge >= 0.3 is 7.38 Å². The molecule has 1 atom stereocenters. The first kappa shape index (κ1) is 2.58. The predicted octanol–water partition coefficient (Wildman–Crippen LogP) is 0.875. The largest absolute Gasteiger partial charge is 0.631 e. The average Bonchev–Trinajstić information content (AvgIpc) is 1.38. The van der Waals surface area contributed by atoms with E-state index in [1.165, 1.54) is 0 Å². The molecule has 0 aliphatic rings. The maximum Gasteiger partial charge on any atom is 0.631 e. The lowest BCUT2D eigenvalue weighted by atomic mass is 15.9. The maximum absolute atomic E-state index is 9.32. The molecule has 0 radical (unpaired) electrons. The Morgan fingerprint density at radius 2 is 2.75 bits per heavy atom. The van der Waals surface area contributed by atoms with Crippen LogP contribution in [0.15, 0.2) is 0 Å². The highest BCUT2D eigenvalue weighted by Gasteiger charge is 1.95. The van der Waals surface area contributed by atoms with Crippen molar-refractivity contribution in [1.82, 2.24) is 0 Å². The van der Waals surface area contributed by atoms with Crippen LogP contribution in [-0.4, -0.2) is 6.33 Å². The molecular formula is HClO2P+. The van der Waals surface area contributed by atoms with E-state index in [9.17, 15) is 4.57 Å². The SMILES string of the molecule is [2H]O[P+](=O)Cl. The van der Waals surface area contributed by atoms with Gasteiger partial charge in [-0.2, -0.15) is 0 Å². The van der Waals surface area contributed by atoms with Crippen molar-refractivity contribution in [3.05, 3.63) is 0 Å². The van der Waals surface area contributed by atoms with Gasteiger partial charge in [-0.3, -0.25) is 0 Å². The Morgan fingerprint density at radius 3 is 2.75 bits per heavy atom. The van der Waals surface area contributed by atoms with Crippen LogP contribution < -0.4 is 0 Å². The molecule has 2 nitrogen and oxygen atoms in total. The molecule has 0 aliphatic heterocycles. The smallest absolute Gasteiger partial charge is 0.145 e. The van der Waals surface area contributed by atoms with E-state index in [-0.39, 0.29) is 0 Å². The maximum atomic E-state index is 9.32. The van der Waals surface area contributed by atoms with Crippen LogP contribution in [0.3, 0.4) is 0 Å². The highest BCUT2D eigenvalue weighted by Crippen LogP contribution is 2.17. The van der Waals surface area contributed by atoms with Crippen molar-refractivity contribution >= 4 is 18.6 Å². The van der Waals surface area contributed by atoms with Gasteiger partial charge in [0.25, 0.3) is 1.43 Å². The Morgan fingerprint density at radius 1 is 2.50 bits per heavy atom. The van der Waals surface area contributed by atoms with E-state index in [0.717, 1.165) is 0 Å². The third kappa shape index (κ3) is 35.0. The number of hydrogen-bond acceptors (Lipinski definition) is 2. The van der Waals surface area contributed by atoms with Crippen molar-refractivity contribution in [3.8, 4) is 0 Å². The van der Waals surface area contributed by atoms with E-state index in [0.29, 0.717) is 0 Å². The van der Waals surface area contributed by atoms with E-state index in [1.807, 2.05) is 0 Å². The van der Waals surface area contributed by atoms with Crippen molar-refractivity contribution in [1.29, 1.82) is 1.43 Å². The van der Waals surface area contributed by atoms with Crippen LogP contribution in [-0.2, 0) is 4.57 Å². The number of halogens is 1. The van der Waals surface area contributed by atoms with Gasteiger partial charge in [0.2, 0.25) is 11.2 Å². The van der Waals surface area contributed by atoms with Crippen molar-refractivity contribution in [3.63, 3.8) is 0 Å². The van der Waals surface area contributed by atoms with Crippen LogP contribution in [0.25, 0.3) is 0 Å². The van der Waals surface area contributed by atoms with E-state index in [2.05, 4.69) is 16.1 Å². The van der Waals surface area contributed by atoms with Gasteiger partial charge in [-0.05, 0) is 4.57 Å². The third-order valence-electron chi connectivity index (χ3n) is 0. The monoisotopic (exact) mass is 99.9 g/mol. The molecule has 0 rings (SSSR count). The first-order valence-electron chi connectivity index (χ1n) is 0.942. The summed E-state index contributed by atoms with van der Waals surface area (Å²) < 4.78 is 15.1. The van der Waals surface area contributed by atoms with Crippen LogP contribution in [0.4, 0.5) is 0 Å². The molecule has 0 saturated carbocycles. The molecule has 4 heteroatoms. The molecule has 0 aromatic rings. The summed E-state index contributed by atoms with van der Waals surface area (Å²) in [6.45, 7) is 0. The van der Waals surface area contributed by atoms with Crippen molar-refractivity contribution < 1.29 is 9.46 Å². The molecule has 24 valence electrons. The van der Waals surface area contributed by atoms with Gasteiger partial charge in [-0.25, -0.2) is 0 Å². The summed E-state index contributed by atoms with van der Waals surface area (Å²) in [5.74, 6) is 0. The normalized spacial score (nSPS) is 14.2. The molecule has 0 heterocycles. The average molecular weight is 100 g/mol. The number of rotatable bonds is 1. The lowest BCUT2D eigenvalue weighted by molar-refractivity contribution is 0.518. The molecule has 0 aromatic carbocycles. The summed E-state index contributed by atoms with van der Waals surface area (Å²) in [6, 6.07) is 0. The van der Waals surface area contributed by atoms with Gasteiger partial charge < -0.3 is 0 Å². The Balaban J connectivity index is 2.85. The second kappa shape index (κ2) is 1.65. The fraction of sp³-hybridized carbons (Fsp3) is 0. The van der Waals surface area contributed by atoms with Gasteiger partial charge in [-0.15, -0.1) is 4.90 Å². The highest BCUT2D eigenvalue weighted by molar-refractivity contribution is 7.68. The van der Waals surface area contributed by atoms with Crippen LogP contribution >= 0.6 is 18.6 Å². The summed E-state index contributed by atoms with van der Waals surface area (Å²) in [5.41, 5.74) is 0. The lowest BCUT2D eigenvalue weighted by Crippen LogP contribution is -1.21. The Labute approximate surface area is 30.5 Å². The zero-order valence-corrected chi connectivity index (χ0v) is 3.29. The molecule has 1 unspecified atom stereocenters. The summed E-state index contributed by atoms with van der Waals surface area (Å²) in [7, 11) is -2.21. The molecule has 0 bridgehead atoms. The van der Waals surface area contributed by atoms with Crippen molar-refractivity contribution in [2.24, 2.45) is 0 Å². The van der Waals surface area contributed by atoms with Gasteiger partial charge in [-0.1, -0.05) is 0 Å². The second-order valence-electron chi connectivity index (χ2n) is 0.213. The molecule has 0 aliphatic carbocycles. The van der Waals surface area contributed by atoms with Crippen LogP contribution in [0.2, 0.25) is 0 Å². The molecular weight excluding hydrogens is 98.4 g/mol. The topological polar surface area (TPSA) is 37.3 Å². The van der Waals surface area contributed by atoms with Crippen LogP contribution in [0.1, 0.15) is 0 Å². The quantitative estimate of drug-likeness (QED) is 0.497. The third-order valence-corrected chi connectivity index (χ3v) is 0. The van der Waals surface area contributed by atoms with E-state index < -0.39 is 7.38 Å². The highest BCUT2D eigenvalue weighted by atomic mass is 35.7. The lowest BCUT2D eigenvalue weighted by Gasteiger charge is -1.29. The predicted molar refractivity (Wildman–Crippen MR) is 15.7 cm³/mol. The second-order valence-corrected chi connectivity index (χ2v) is 1.47. The molecule has 4 heavy (non-hydrogen) atoms. The van der Waals surface area contributed by atoms with E-state index in [1.54, 1.807) is 0 Å². The first-order chi connectivity index (χ1) is 2.27. The molecule has 0 saturated heterocycles. The van der Waals surface area contributed by atoms with Gasteiger partial charge in [0.15, 0.2) is 0 Å². The summed E-state index contributed by atoms with van der Waals surface area (Å²) in [4.78, 5) is 3.27. The fourth-order valence-electron chi connectivity index (χ4n) is 0. The minimum atomic E-state index is -2.21. The zero-order valence-electron chi connectivity index (χ0n) is 2.64. The fourth-order valence-corrected chi connectivity index (χ4v) is 0. The first-order valence-corrected chi connectivity index (χ1v) is 2.62.